The molecule has 35 heavy (non-hydrogen) atoms. The van der Waals surface area contributed by atoms with E-state index >= 15 is 0 Å². The van der Waals surface area contributed by atoms with Crippen molar-refractivity contribution < 1.29 is 9.53 Å². The summed E-state index contributed by atoms with van der Waals surface area (Å²) in [6.07, 6.45) is 7.86. The molecule has 0 aliphatic carbocycles. The fraction of sp³-hybridized carbons (Fsp3) is 0.464. The van der Waals surface area contributed by atoms with Crippen molar-refractivity contribution in [1.82, 2.24) is 25.0 Å². The van der Waals surface area contributed by atoms with Crippen LogP contribution >= 0.6 is 0 Å². The van der Waals surface area contributed by atoms with Crippen molar-refractivity contribution in [1.29, 1.82) is 0 Å². The molecule has 7 heteroatoms. The van der Waals surface area contributed by atoms with E-state index in [2.05, 4.69) is 60.1 Å². The number of carbonyl (C=O) groups excluding carboxylic acids is 1. The van der Waals surface area contributed by atoms with E-state index < -0.39 is 0 Å². The molecule has 0 spiro atoms. The predicted molar refractivity (Wildman–Crippen MR) is 140 cm³/mol. The molecule has 0 atom stereocenters. The Hall–Kier alpha value is -3.03. The van der Waals surface area contributed by atoms with Crippen molar-refractivity contribution in [3.05, 3.63) is 60.3 Å². The van der Waals surface area contributed by atoms with Crippen LogP contribution in [0.4, 0.5) is 0 Å². The molecule has 1 aromatic carbocycles. The molecular weight excluding hydrogens is 438 g/mol. The Bertz CT molecular complexity index is 1150. The van der Waals surface area contributed by atoms with Crippen LogP contribution in [0.25, 0.3) is 22.3 Å². The summed E-state index contributed by atoms with van der Waals surface area (Å²) < 4.78 is 7.24. The van der Waals surface area contributed by atoms with Crippen molar-refractivity contribution in [3.8, 4) is 11.3 Å². The van der Waals surface area contributed by atoms with E-state index in [1.165, 1.54) is 18.4 Å². The van der Waals surface area contributed by atoms with Crippen LogP contribution in [0.5, 0.6) is 0 Å². The van der Waals surface area contributed by atoms with Gasteiger partial charge in [-0.1, -0.05) is 37.6 Å². The van der Waals surface area contributed by atoms with Gasteiger partial charge in [0.1, 0.15) is 0 Å². The molecule has 0 radical (unpaired) electrons. The number of nitrogens with one attached hydrogen (secondary N) is 1. The normalized spacial score (nSPS) is 14.5. The van der Waals surface area contributed by atoms with E-state index in [0.717, 1.165) is 55.8 Å². The van der Waals surface area contributed by atoms with Crippen LogP contribution in [0.1, 0.15) is 48.5 Å². The van der Waals surface area contributed by atoms with Crippen LogP contribution in [0.3, 0.4) is 0 Å². The van der Waals surface area contributed by atoms with Gasteiger partial charge in [0.15, 0.2) is 5.65 Å². The molecule has 1 amide bonds. The van der Waals surface area contributed by atoms with Crippen molar-refractivity contribution in [2.24, 2.45) is 5.92 Å². The summed E-state index contributed by atoms with van der Waals surface area (Å²) in [7, 11) is 2.15. The number of pyridine rings is 1. The first kappa shape index (κ1) is 25.1. The van der Waals surface area contributed by atoms with Crippen molar-refractivity contribution >= 4 is 16.9 Å². The third-order valence-corrected chi connectivity index (χ3v) is 6.62. The quantitative estimate of drug-likeness (QED) is 0.408. The second kappa shape index (κ2) is 12.1. The highest BCUT2D eigenvalue weighted by atomic mass is 16.5. The Morgan fingerprint density at radius 1 is 1.31 bits per heavy atom. The van der Waals surface area contributed by atoms with Crippen LogP contribution in [0.15, 0.2) is 49.2 Å². The maximum absolute atomic E-state index is 13.3. The lowest BCUT2D eigenvalue weighted by Gasteiger charge is -2.22. The summed E-state index contributed by atoms with van der Waals surface area (Å²) >= 11 is 0. The van der Waals surface area contributed by atoms with E-state index in [4.69, 9.17) is 9.72 Å². The topological polar surface area (TPSA) is 72.3 Å². The average molecular weight is 476 g/mol. The van der Waals surface area contributed by atoms with Gasteiger partial charge >= 0.3 is 0 Å². The first-order valence-corrected chi connectivity index (χ1v) is 12.7. The van der Waals surface area contributed by atoms with Crippen LogP contribution in [0.2, 0.25) is 0 Å². The largest absolute Gasteiger partial charge is 0.381 e. The molecule has 3 aromatic rings. The highest BCUT2D eigenvalue weighted by molar-refractivity contribution is 6.06. The summed E-state index contributed by atoms with van der Waals surface area (Å²) in [6, 6.07) is 10.3. The number of hydrogen-bond acceptors (Lipinski definition) is 5. The number of benzene rings is 1. The molecule has 4 rings (SSSR count). The zero-order valence-corrected chi connectivity index (χ0v) is 21.0. The SMILES string of the molecule is C=CCn1ncc2c(C(=O)NCC3CCOCC3)cc(-c3cccc(CN(C)CCCC)c3)nc21. The lowest BCUT2D eigenvalue weighted by atomic mass is 10.00. The summed E-state index contributed by atoms with van der Waals surface area (Å²) in [6.45, 7) is 10.7. The number of aromatic nitrogens is 3. The molecule has 186 valence electrons. The molecule has 1 aliphatic rings. The molecule has 2 aromatic heterocycles. The van der Waals surface area contributed by atoms with Crippen LogP contribution < -0.4 is 5.32 Å². The number of amides is 1. The summed E-state index contributed by atoms with van der Waals surface area (Å²) in [5.74, 6) is 0.369. The molecule has 0 unspecified atom stereocenters. The van der Waals surface area contributed by atoms with E-state index in [0.29, 0.717) is 30.2 Å². The molecule has 0 bridgehead atoms. The first-order valence-electron chi connectivity index (χ1n) is 12.7. The molecule has 1 aliphatic heterocycles. The maximum atomic E-state index is 13.3. The third-order valence-electron chi connectivity index (χ3n) is 6.62. The number of nitrogens with zero attached hydrogens (tertiary/aromatic N) is 4. The van der Waals surface area contributed by atoms with Crippen molar-refractivity contribution in [2.45, 2.75) is 45.7 Å². The Kier molecular flexibility index (Phi) is 8.66. The minimum atomic E-state index is -0.0845. The van der Waals surface area contributed by atoms with Gasteiger partial charge in [-0.05, 0) is 56.5 Å². The van der Waals surface area contributed by atoms with Crippen LogP contribution in [-0.4, -0.2) is 58.9 Å². The maximum Gasteiger partial charge on any atom is 0.252 e. The van der Waals surface area contributed by atoms with E-state index in [1.54, 1.807) is 17.0 Å². The highest BCUT2D eigenvalue weighted by Gasteiger charge is 2.20. The lowest BCUT2D eigenvalue weighted by Crippen LogP contribution is -2.32. The van der Waals surface area contributed by atoms with Gasteiger partial charge in [-0.25, -0.2) is 9.67 Å². The number of ether oxygens (including phenoxy) is 1. The molecule has 1 N–H and O–H groups in total. The van der Waals surface area contributed by atoms with Crippen molar-refractivity contribution in [3.63, 3.8) is 0 Å². The van der Waals surface area contributed by atoms with Gasteiger partial charge in [-0.3, -0.25) is 4.79 Å². The second-order valence-corrected chi connectivity index (χ2v) is 9.47. The van der Waals surface area contributed by atoms with Gasteiger partial charge in [0, 0.05) is 31.9 Å². The summed E-state index contributed by atoms with van der Waals surface area (Å²) in [4.78, 5) is 20.6. The number of rotatable bonds is 11. The molecule has 0 saturated carbocycles. The van der Waals surface area contributed by atoms with Gasteiger partial charge in [0.25, 0.3) is 5.91 Å². The van der Waals surface area contributed by atoms with Gasteiger partial charge < -0.3 is 15.0 Å². The average Bonchev–Trinajstić information content (AvgIpc) is 3.29. The molecule has 1 saturated heterocycles. The third kappa shape index (κ3) is 6.35. The van der Waals surface area contributed by atoms with Gasteiger partial charge in [-0.2, -0.15) is 5.10 Å². The predicted octanol–water partition coefficient (Wildman–Crippen LogP) is 4.67. The van der Waals surface area contributed by atoms with Crippen molar-refractivity contribution in [2.75, 3.05) is 33.4 Å². The monoisotopic (exact) mass is 475 g/mol. The second-order valence-electron chi connectivity index (χ2n) is 9.47. The minimum Gasteiger partial charge on any atom is -0.381 e. The first-order chi connectivity index (χ1) is 17.1. The van der Waals surface area contributed by atoms with Crippen LogP contribution in [0, 0.1) is 5.92 Å². The van der Waals surface area contributed by atoms with Gasteiger partial charge in [0.05, 0.1) is 29.4 Å². The van der Waals surface area contributed by atoms with Crippen LogP contribution in [-0.2, 0) is 17.8 Å². The Labute approximate surface area is 208 Å². The fourth-order valence-electron chi connectivity index (χ4n) is 4.57. The van der Waals surface area contributed by atoms with E-state index in [-0.39, 0.29) is 5.91 Å². The number of allylic oxidation sites excluding steroid dienone is 1. The molecule has 7 nitrogen and oxygen atoms in total. The number of fused-ring (bicyclic) bond motifs is 1. The minimum absolute atomic E-state index is 0.0845. The lowest BCUT2D eigenvalue weighted by molar-refractivity contribution is 0.0643. The zero-order chi connectivity index (χ0) is 24.6. The van der Waals surface area contributed by atoms with Gasteiger partial charge in [0.2, 0.25) is 0 Å². The summed E-state index contributed by atoms with van der Waals surface area (Å²) in [5.41, 5.74) is 4.31. The fourth-order valence-corrected chi connectivity index (χ4v) is 4.57. The summed E-state index contributed by atoms with van der Waals surface area (Å²) in [5, 5.41) is 8.39. The Morgan fingerprint density at radius 2 is 2.14 bits per heavy atom. The molecular formula is C28H37N5O2. The smallest absolute Gasteiger partial charge is 0.252 e. The van der Waals surface area contributed by atoms with E-state index in [1.807, 2.05) is 6.07 Å². The highest BCUT2D eigenvalue weighted by Crippen LogP contribution is 2.26. The zero-order valence-electron chi connectivity index (χ0n) is 21.0. The van der Waals surface area contributed by atoms with E-state index in [9.17, 15) is 4.79 Å². The number of unbranched alkanes of at least 4 members (excludes halogenated alkanes) is 1. The standard InChI is InChI=1S/C28H37N5O2/c1-4-6-13-32(3)20-22-8-7-9-23(16-22)26-17-24(25-19-30-33(12-5-2)27(25)31-26)28(34)29-18-21-10-14-35-15-11-21/h5,7-9,16-17,19,21H,2,4,6,10-15,18,20H2,1,3H3,(H,29,34). The number of hydrogen-bond donors (Lipinski definition) is 1. The molecule has 3 heterocycles. The van der Waals surface area contributed by atoms with Gasteiger partial charge in [-0.15, -0.1) is 6.58 Å². The Morgan fingerprint density at radius 3 is 2.91 bits per heavy atom. The number of carbonyl (C=O) groups is 1. The molecule has 1 fully saturated rings. The Balaban J connectivity index is 1.64.